The first-order valence-corrected chi connectivity index (χ1v) is 15.5. The molecule has 0 spiro atoms. The number of benzene rings is 6. The summed E-state index contributed by atoms with van der Waals surface area (Å²) in [6, 6.07) is 50.3. The second-order valence-corrected chi connectivity index (χ2v) is 11.8. The Morgan fingerprint density at radius 2 is 0.911 bits per heavy atom. The van der Waals surface area contributed by atoms with Crippen LogP contribution in [-0.2, 0) is 0 Å². The summed E-state index contributed by atoms with van der Waals surface area (Å²) in [5, 5.41) is 11.5. The summed E-state index contributed by atoms with van der Waals surface area (Å²) in [7, 11) is 0. The molecule has 45 heavy (non-hydrogen) atoms. The number of dihydropyridines is 1. The average molecular weight is 577 g/mol. The number of allylic oxidation sites excluding steroid dienone is 2. The van der Waals surface area contributed by atoms with Gasteiger partial charge in [0.15, 0.2) is 0 Å². The zero-order valence-corrected chi connectivity index (χ0v) is 24.4. The van der Waals surface area contributed by atoms with Gasteiger partial charge in [-0.25, -0.2) is 0 Å². The quantitative estimate of drug-likeness (QED) is 0.223. The third kappa shape index (κ3) is 3.36. The van der Waals surface area contributed by atoms with Crippen molar-refractivity contribution >= 4 is 71.2 Å². The molecular weight excluding hydrogens is 548 g/mol. The number of hydrogen-bond acceptors (Lipinski definition) is 1. The molecule has 1 atom stereocenters. The highest BCUT2D eigenvalue weighted by atomic mass is 15.3. The van der Waals surface area contributed by atoms with Crippen LogP contribution in [0.25, 0.3) is 76.9 Å². The number of nitrogens with zero attached hydrogens (tertiary/aromatic N) is 3. The van der Waals surface area contributed by atoms with Gasteiger partial charge in [0.1, 0.15) is 12.0 Å². The highest BCUT2D eigenvalue weighted by molar-refractivity contribution is 6.23. The van der Waals surface area contributed by atoms with Crippen molar-refractivity contribution in [3.63, 3.8) is 0 Å². The van der Waals surface area contributed by atoms with Crippen LogP contribution in [0, 0.1) is 0 Å². The van der Waals surface area contributed by atoms with E-state index < -0.39 is 0 Å². The van der Waals surface area contributed by atoms with E-state index in [0.717, 1.165) is 11.5 Å². The third-order valence-electron chi connectivity index (χ3n) is 9.46. The van der Waals surface area contributed by atoms with Gasteiger partial charge in [-0.3, -0.25) is 4.57 Å². The van der Waals surface area contributed by atoms with E-state index >= 15 is 0 Å². The normalized spacial score (nSPS) is 15.1. The minimum Gasteiger partial charge on any atom is -0.347 e. The number of aromatic nitrogens is 3. The van der Waals surface area contributed by atoms with E-state index in [1.165, 1.54) is 65.4 Å². The molecule has 1 aliphatic rings. The van der Waals surface area contributed by atoms with Gasteiger partial charge in [-0.05, 0) is 48.6 Å². The smallest absolute Gasteiger partial charge is 0.124 e. The van der Waals surface area contributed by atoms with Crippen molar-refractivity contribution in [2.45, 2.75) is 6.17 Å². The molecule has 9 aromatic rings. The summed E-state index contributed by atoms with van der Waals surface area (Å²) in [6.45, 7) is 0. The molecular formula is C41H28N4. The fourth-order valence-corrected chi connectivity index (χ4v) is 7.64. The van der Waals surface area contributed by atoms with Crippen LogP contribution >= 0.6 is 0 Å². The lowest BCUT2D eigenvalue weighted by atomic mass is 10.1. The monoisotopic (exact) mass is 576 g/mol. The number of rotatable bonds is 3. The molecule has 1 aliphatic heterocycles. The van der Waals surface area contributed by atoms with Gasteiger partial charge in [-0.1, -0.05) is 109 Å². The van der Waals surface area contributed by atoms with Crippen molar-refractivity contribution in [1.29, 1.82) is 0 Å². The van der Waals surface area contributed by atoms with Gasteiger partial charge in [-0.15, -0.1) is 0 Å². The van der Waals surface area contributed by atoms with Gasteiger partial charge in [-0.2, -0.15) is 0 Å². The lowest BCUT2D eigenvalue weighted by Gasteiger charge is -2.26. The minimum atomic E-state index is -0.111. The van der Waals surface area contributed by atoms with Crippen molar-refractivity contribution in [2.75, 3.05) is 0 Å². The largest absolute Gasteiger partial charge is 0.347 e. The van der Waals surface area contributed by atoms with Crippen molar-refractivity contribution in [3.05, 3.63) is 158 Å². The third-order valence-corrected chi connectivity index (χ3v) is 9.46. The molecule has 0 radical (unpaired) electrons. The molecule has 4 nitrogen and oxygen atoms in total. The predicted octanol–water partition coefficient (Wildman–Crippen LogP) is 10.2. The van der Waals surface area contributed by atoms with Crippen LogP contribution in [0.15, 0.2) is 158 Å². The number of fused-ring (bicyclic) bond motifs is 10. The SMILES string of the molecule is C1=CC(n2c3ccccc3c3ccc4c5ccccc5n(-c5ccccc5)c4c32)NC(n2c3ccccc3c3ccccc32)=C1. The lowest BCUT2D eigenvalue weighted by molar-refractivity contribution is 0.577. The van der Waals surface area contributed by atoms with Gasteiger partial charge >= 0.3 is 0 Å². The highest BCUT2D eigenvalue weighted by Gasteiger charge is 2.25. The summed E-state index contributed by atoms with van der Waals surface area (Å²) in [5.74, 6) is 1.06. The molecule has 1 N–H and O–H groups in total. The topological polar surface area (TPSA) is 26.8 Å². The molecule has 6 aromatic carbocycles. The molecule has 10 rings (SSSR count). The van der Waals surface area contributed by atoms with Gasteiger partial charge in [0.25, 0.3) is 0 Å². The van der Waals surface area contributed by atoms with Crippen LogP contribution < -0.4 is 5.32 Å². The van der Waals surface area contributed by atoms with Gasteiger partial charge in [0.2, 0.25) is 0 Å². The molecule has 0 fully saturated rings. The van der Waals surface area contributed by atoms with Gasteiger partial charge in [0, 0.05) is 38.0 Å². The van der Waals surface area contributed by atoms with Crippen molar-refractivity contribution in [3.8, 4) is 5.69 Å². The number of para-hydroxylation sites is 5. The second kappa shape index (κ2) is 9.25. The summed E-state index contributed by atoms with van der Waals surface area (Å²) >= 11 is 0. The standard InChI is InChI=1S/C41H28N4/c1-2-13-27(14-3-1)43-34-19-8-6-17-30(34)32-25-26-33-31-18-7-11-22-37(31)45(41(33)40(32)43)39-24-12-23-38(42-39)44-35-20-9-4-15-28(35)29-16-5-10-21-36(29)44/h1-26,39,42H. The Hall–Kier alpha value is -6.00. The molecule has 0 aliphatic carbocycles. The van der Waals surface area contributed by atoms with E-state index in [1.807, 2.05) is 0 Å². The molecule has 212 valence electrons. The molecule has 0 bridgehead atoms. The number of nitrogens with one attached hydrogen (secondary N) is 1. The maximum Gasteiger partial charge on any atom is 0.124 e. The summed E-state index contributed by atoms with van der Waals surface area (Å²) in [4.78, 5) is 0. The first-order chi connectivity index (χ1) is 22.4. The van der Waals surface area contributed by atoms with Crippen molar-refractivity contribution < 1.29 is 0 Å². The fraction of sp³-hybridized carbons (Fsp3) is 0.0244. The Balaban J connectivity index is 1.27. The van der Waals surface area contributed by atoms with E-state index in [0.29, 0.717) is 0 Å². The fourth-order valence-electron chi connectivity index (χ4n) is 7.64. The molecule has 1 unspecified atom stereocenters. The van der Waals surface area contributed by atoms with E-state index in [2.05, 4.69) is 177 Å². The van der Waals surface area contributed by atoms with Crippen LogP contribution in [0.1, 0.15) is 6.17 Å². The van der Waals surface area contributed by atoms with E-state index in [9.17, 15) is 0 Å². The summed E-state index contributed by atoms with van der Waals surface area (Å²) in [6.07, 6.45) is 6.56. The predicted molar refractivity (Wildman–Crippen MR) is 189 cm³/mol. The van der Waals surface area contributed by atoms with Crippen LogP contribution in [0.3, 0.4) is 0 Å². The summed E-state index contributed by atoms with van der Waals surface area (Å²) < 4.78 is 7.31. The van der Waals surface area contributed by atoms with Crippen LogP contribution in [0.2, 0.25) is 0 Å². The Kier molecular flexibility index (Phi) is 5.02. The molecule has 3 aromatic heterocycles. The maximum absolute atomic E-state index is 3.98. The molecule has 4 heteroatoms. The first-order valence-electron chi connectivity index (χ1n) is 15.5. The number of hydrogen-bond donors (Lipinski definition) is 1. The maximum atomic E-state index is 3.98. The highest BCUT2D eigenvalue weighted by Crippen LogP contribution is 2.42. The average Bonchev–Trinajstić information content (AvgIpc) is 3.75. The Morgan fingerprint density at radius 1 is 0.422 bits per heavy atom. The molecule has 0 saturated heterocycles. The molecule has 4 heterocycles. The van der Waals surface area contributed by atoms with Gasteiger partial charge < -0.3 is 14.5 Å². The zero-order chi connectivity index (χ0) is 29.5. The zero-order valence-electron chi connectivity index (χ0n) is 24.4. The molecule has 0 saturated carbocycles. The van der Waals surface area contributed by atoms with E-state index in [4.69, 9.17) is 0 Å². The first kappa shape index (κ1) is 24.4. The second-order valence-electron chi connectivity index (χ2n) is 11.8. The van der Waals surface area contributed by atoms with Gasteiger partial charge in [0.05, 0.1) is 33.1 Å². The Labute approximate surface area is 259 Å². The van der Waals surface area contributed by atoms with Crippen LogP contribution in [0.5, 0.6) is 0 Å². The van der Waals surface area contributed by atoms with Crippen LogP contribution in [0.4, 0.5) is 0 Å². The lowest BCUT2D eigenvalue weighted by Crippen LogP contribution is -2.28. The minimum absolute atomic E-state index is 0.111. The van der Waals surface area contributed by atoms with E-state index in [-0.39, 0.29) is 6.17 Å². The molecule has 0 amide bonds. The van der Waals surface area contributed by atoms with Crippen molar-refractivity contribution in [2.24, 2.45) is 0 Å². The van der Waals surface area contributed by atoms with Crippen LogP contribution in [-0.4, -0.2) is 13.7 Å². The Bertz CT molecular complexity index is 2630. The van der Waals surface area contributed by atoms with E-state index in [1.54, 1.807) is 0 Å². The Morgan fingerprint density at radius 3 is 1.56 bits per heavy atom. The summed E-state index contributed by atoms with van der Waals surface area (Å²) in [5.41, 5.74) is 8.40. The van der Waals surface area contributed by atoms with Crippen molar-refractivity contribution in [1.82, 2.24) is 19.0 Å².